The Balaban J connectivity index is 2.57. The maximum absolute atomic E-state index is 11.6. The first-order valence-corrected chi connectivity index (χ1v) is 4.62. The first kappa shape index (κ1) is 10.7. The monoisotopic (exact) mass is 193 g/mol. The Morgan fingerprint density at radius 2 is 2.14 bits per heavy atom. The fraction of sp³-hybridized carbons (Fsp3) is 0.400. The molecule has 0 saturated heterocycles. The smallest absolute Gasteiger partial charge is 0.226 e. The third-order valence-electron chi connectivity index (χ3n) is 2.02. The zero-order chi connectivity index (χ0) is 10.4. The molecule has 0 aromatic carbocycles. The van der Waals surface area contributed by atoms with Gasteiger partial charge < -0.3 is 10.6 Å². The van der Waals surface area contributed by atoms with Gasteiger partial charge in [-0.2, -0.15) is 0 Å². The molecule has 0 bridgehead atoms. The molecule has 4 heteroatoms. The average molecular weight is 193 g/mol. The highest BCUT2D eigenvalue weighted by atomic mass is 16.2. The molecule has 1 heterocycles. The van der Waals surface area contributed by atoms with Gasteiger partial charge in [-0.1, -0.05) is 0 Å². The lowest BCUT2D eigenvalue weighted by molar-refractivity contribution is -0.118. The number of aromatic nitrogens is 1. The predicted octanol–water partition coefficient (Wildman–Crippen LogP) is 0.783. The van der Waals surface area contributed by atoms with E-state index in [4.69, 9.17) is 5.73 Å². The number of hydrogen-bond acceptors (Lipinski definition) is 3. The van der Waals surface area contributed by atoms with Gasteiger partial charge in [-0.05, 0) is 25.1 Å². The highest BCUT2D eigenvalue weighted by Gasteiger charge is 2.08. The van der Waals surface area contributed by atoms with Crippen molar-refractivity contribution >= 4 is 11.6 Å². The zero-order valence-corrected chi connectivity index (χ0v) is 8.31. The third kappa shape index (κ3) is 2.81. The standard InChI is InChI=1S/C10H15N3O/c1-13(10(14)3-2-6-11)9-4-7-12-8-5-9/h4-5,7-8H,2-3,6,11H2,1H3. The van der Waals surface area contributed by atoms with Crippen LogP contribution in [0.3, 0.4) is 0 Å². The number of carbonyl (C=O) groups excluding carboxylic acids is 1. The third-order valence-corrected chi connectivity index (χ3v) is 2.02. The minimum atomic E-state index is 0.0849. The summed E-state index contributed by atoms with van der Waals surface area (Å²) in [6.07, 6.45) is 4.56. The number of amides is 1. The van der Waals surface area contributed by atoms with Crippen molar-refractivity contribution in [2.75, 3.05) is 18.5 Å². The molecular formula is C10H15N3O. The minimum absolute atomic E-state index is 0.0849. The molecule has 1 rings (SSSR count). The first-order valence-electron chi connectivity index (χ1n) is 4.62. The zero-order valence-electron chi connectivity index (χ0n) is 8.31. The van der Waals surface area contributed by atoms with E-state index in [1.54, 1.807) is 36.5 Å². The molecule has 0 saturated carbocycles. The summed E-state index contributed by atoms with van der Waals surface area (Å²) in [5, 5.41) is 0. The van der Waals surface area contributed by atoms with Gasteiger partial charge in [0.15, 0.2) is 0 Å². The second-order valence-electron chi connectivity index (χ2n) is 3.05. The predicted molar refractivity (Wildman–Crippen MR) is 55.9 cm³/mol. The van der Waals surface area contributed by atoms with Crippen LogP contribution in [0.1, 0.15) is 12.8 Å². The lowest BCUT2D eigenvalue weighted by Crippen LogP contribution is -2.26. The van der Waals surface area contributed by atoms with Crippen LogP contribution in [-0.4, -0.2) is 24.5 Å². The second-order valence-corrected chi connectivity index (χ2v) is 3.05. The Morgan fingerprint density at radius 1 is 1.50 bits per heavy atom. The maximum atomic E-state index is 11.6. The van der Waals surface area contributed by atoms with Gasteiger partial charge >= 0.3 is 0 Å². The average Bonchev–Trinajstić information content (AvgIpc) is 2.26. The van der Waals surface area contributed by atoms with Crippen molar-refractivity contribution in [2.45, 2.75) is 12.8 Å². The fourth-order valence-corrected chi connectivity index (χ4v) is 1.13. The Morgan fingerprint density at radius 3 is 2.71 bits per heavy atom. The molecular weight excluding hydrogens is 178 g/mol. The van der Waals surface area contributed by atoms with Crippen LogP contribution in [0.5, 0.6) is 0 Å². The van der Waals surface area contributed by atoms with Gasteiger partial charge in [0.05, 0.1) is 0 Å². The van der Waals surface area contributed by atoms with Gasteiger partial charge in [0.1, 0.15) is 0 Å². The Labute approximate surface area is 83.7 Å². The number of pyridine rings is 1. The van der Waals surface area contributed by atoms with Crippen LogP contribution in [0, 0.1) is 0 Å². The quantitative estimate of drug-likeness (QED) is 0.768. The van der Waals surface area contributed by atoms with Gasteiger partial charge in [0, 0.05) is 31.5 Å². The van der Waals surface area contributed by atoms with Crippen molar-refractivity contribution in [2.24, 2.45) is 5.73 Å². The van der Waals surface area contributed by atoms with Gasteiger partial charge in [-0.3, -0.25) is 9.78 Å². The highest BCUT2D eigenvalue weighted by molar-refractivity contribution is 5.92. The van der Waals surface area contributed by atoms with E-state index in [0.29, 0.717) is 13.0 Å². The van der Waals surface area contributed by atoms with Crippen molar-refractivity contribution in [3.8, 4) is 0 Å². The lowest BCUT2D eigenvalue weighted by atomic mass is 10.2. The number of rotatable bonds is 4. The van der Waals surface area contributed by atoms with E-state index in [-0.39, 0.29) is 5.91 Å². The van der Waals surface area contributed by atoms with Crippen LogP contribution in [0.2, 0.25) is 0 Å². The van der Waals surface area contributed by atoms with E-state index in [0.717, 1.165) is 12.1 Å². The lowest BCUT2D eigenvalue weighted by Gasteiger charge is -2.16. The van der Waals surface area contributed by atoms with E-state index >= 15 is 0 Å². The van der Waals surface area contributed by atoms with Crippen LogP contribution < -0.4 is 10.6 Å². The van der Waals surface area contributed by atoms with Gasteiger partial charge in [-0.25, -0.2) is 0 Å². The SMILES string of the molecule is CN(C(=O)CCCN)c1ccncc1. The molecule has 1 aromatic rings. The van der Waals surface area contributed by atoms with Crippen molar-refractivity contribution in [3.05, 3.63) is 24.5 Å². The van der Waals surface area contributed by atoms with Crippen molar-refractivity contribution in [3.63, 3.8) is 0 Å². The molecule has 14 heavy (non-hydrogen) atoms. The molecule has 2 N–H and O–H groups in total. The maximum Gasteiger partial charge on any atom is 0.226 e. The normalized spacial score (nSPS) is 9.86. The molecule has 0 radical (unpaired) electrons. The van der Waals surface area contributed by atoms with Gasteiger partial charge in [0.25, 0.3) is 0 Å². The molecule has 0 unspecified atom stereocenters. The largest absolute Gasteiger partial charge is 0.330 e. The molecule has 0 aliphatic rings. The number of carbonyl (C=O) groups is 1. The molecule has 1 amide bonds. The summed E-state index contributed by atoms with van der Waals surface area (Å²) in [7, 11) is 1.76. The molecule has 4 nitrogen and oxygen atoms in total. The van der Waals surface area contributed by atoms with Crippen molar-refractivity contribution in [1.29, 1.82) is 0 Å². The Bertz CT molecular complexity index is 287. The van der Waals surface area contributed by atoms with Crippen LogP contribution in [0.25, 0.3) is 0 Å². The fourth-order valence-electron chi connectivity index (χ4n) is 1.13. The van der Waals surface area contributed by atoms with Crippen molar-refractivity contribution in [1.82, 2.24) is 4.98 Å². The Hall–Kier alpha value is -1.42. The summed E-state index contributed by atoms with van der Waals surface area (Å²) >= 11 is 0. The highest BCUT2D eigenvalue weighted by Crippen LogP contribution is 2.11. The summed E-state index contributed by atoms with van der Waals surface area (Å²) < 4.78 is 0. The molecule has 0 spiro atoms. The van der Waals surface area contributed by atoms with Crippen LogP contribution in [0.4, 0.5) is 5.69 Å². The topological polar surface area (TPSA) is 59.2 Å². The molecule has 0 fully saturated rings. The van der Waals surface area contributed by atoms with Crippen molar-refractivity contribution < 1.29 is 4.79 Å². The Kier molecular flexibility index (Phi) is 4.07. The summed E-state index contributed by atoms with van der Waals surface area (Å²) in [6.45, 7) is 0.552. The van der Waals surface area contributed by atoms with Crippen LogP contribution in [-0.2, 0) is 4.79 Å². The van der Waals surface area contributed by atoms with Crippen LogP contribution in [0.15, 0.2) is 24.5 Å². The van der Waals surface area contributed by atoms with E-state index < -0.39 is 0 Å². The first-order chi connectivity index (χ1) is 6.75. The molecule has 0 aliphatic heterocycles. The molecule has 0 atom stereocenters. The minimum Gasteiger partial charge on any atom is -0.330 e. The molecule has 0 aliphatic carbocycles. The van der Waals surface area contributed by atoms with Gasteiger partial charge in [-0.15, -0.1) is 0 Å². The summed E-state index contributed by atoms with van der Waals surface area (Å²) in [4.78, 5) is 17.1. The number of hydrogen-bond donors (Lipinski definition) is 1. The van der Waals surface area contributed by atoms with Crippen LogP contribution >= 0.6 is 0 Å². The molecule has 1 aromatic heterocycles. The second kappa shape index (κ2) is 5.34. The van der Waals surface area contributed by atoms with Gasteiger partial charge in [0.2, 0.25) is 5.91 Å². The van der Waals surface area contributed by atoms with E-state index in [9.17, 15) is 4.79 Å². The summed E-state index contributed by atoms with van der Waals surface area (Å²) in [5.41, 5.74) is 6.20. The summed E-state index contributed by atoms with van der Waals surface area (Å²) in [6, 6.07) is 3.61. The number of nitrogens with two attached hydrogens (primary N) is 1. The van der Waals surface area contributed by atoms with E-state index in [1.165, 1.54) is 0 Å². The summed E-state index contributed by atoms with van der Waals surface area (Å²) in [5.74, 6) is 0.0849. The molecule has 76 valence electrons. The van der Waals surface area contributed by atoms with E-state index in [2.05, 4.69) is 4.98 Å². The number of anilines is 1. The number of nitrogens with zero attached hydrogens (tertiary/aromatic N) is 2. The van der Waals surface area contributed by atoms with E-state index in [1.807, 2.05) is 0 Å².